The first-order valence-corrected chi connectivity index (χ1v) is 8.92. The second kappa shape index (κ2) is 7.66. The summed E-state index contributed by atoms with van der Waals surface area (Å²) in [5.41, 5.74) is 2.71. The molecule has 1 heterocycles. The molecule has 0 bridgehead atoms. The number of halogens is 1. The minimum Gasteiger partial charge on any atom is -0.493 e. The number of rotatable bonds is 4. The minimum atomic E-state index is -0.466. The number of fused-ring (bicyclic) bond motifs is 1. The Balaban J connectivity index is 2.01. The van der Waals surface area contributed by atoms with E-state index in [2.05, 4.69) is 26.2 Å². The monoisotopic (exact) mass is 411 g/mol. The number of benzene rings is 2. The Hall–Kier alpha value is -2.73. The summed E-state index contributed by atoms with van der Waals surface area (Å²) in [5, 5.41) is 19.2. The van der Waals surface area contributed by atoms with E-state index in [-0.39, 0.29) is 5.88 Å². The van der Waals surface area contributed by atoms with Gasteiger partial charge in [0.2, 0.25) is 5.88 Å². The molecule has 0 aliphatic rings. The van der Waals surface area contributed by atoms with Crippen molar-refractivity contribution in [2.45, 2.75) is 20.4 Å². The Morgan fingerprint density at radius 1 is 1.19 bits per heavy atom. The van der Waals surface area contributed by atoms with Crippen LogP contribution in [0.2, 0.25) is 0 Å². The summed E-state index contributed by atoms with van der Waals surface area (Å²) in [5.74, 6) is -0.471. The molecule has 0 saturated carbocycles. The van der Waals surface area contributed by atoms with Crippen molar-refractivity contribution >= 4 is 38.4 Å². The van der Waals surface area contributed by atoms with Gasteiger partial charge in [-0.15, -0.1) is 10.2 Å². The lowest BCUT2D eigenvalue weighted by molar-refractivity contribution is 0.0995. The van der Waals surface area contributed by atoms with Crippen LogP contribution in [-0.4, -0.2) is 15.6 Å². The molecule has 0 atom stereocenters. The van der Waals surface area contributed by atoms with Crippen LogP contribution in [0.15, 0.2) is 74.9 Å². The lowest BCUT2D eigenvalue weighted by Gasteiger charge is -2.03. The number of aromatic hydroxyl groups is 1. The van der Waals surface area contributed by atoms with Gasteiger partial charge in [-0.1, -0.05) is 51.8 Å². The zero-order valence-electron chi connectivity index (χ0n) is 14.5. The molecule has 1 amide bonds. The number of aromatic nitrogens is 1. The summed E-state index contributed by atoms with van der Waals surface area (Å²) in [4.78, 5) is 12.3. The van der Waals surface area contributed by atoms with E-state index in [0.29, 0.717) is 17.8 Å². The summed E-state index contributed by atoms with van der Waals surface area (Å²) >= 11 is 3.33. The van der Waals surface area contributed by atoms with E-state index in [1.165, 1.54) is 0 Å². The first-order chi connectivity index (χ1) is 12.5. The lowest BCUT2D eigenvalue weighted by atomic mass is 10.2. The van der Waals surface area contributed by atoms with Crippen LogP contribution in [0.3, 0.4) is 0 Å². The molecule has 0 radical (unpaired) electrons. The summed E-state index contributed by atoms with van der Waals surface area (Å²) in [6.07, 6.45) is 2.01. The number of hydrogen-bond acceptors (Lipinski definition) is 3. The number of hydrogen-bond donors (Lipinski definition) is 1. The first kappa shape index (κ1) is 18.1. The van der Waals surface area contributed by atoms with Crippen LogP contribution in [0.5, 0.6) is 5.88 Å². The molecule has 26 heavy (non-hydrogen) atoms. The molecule has 0 saturated heterocycles. The van der Waals surface area contributed by atoms with Gasteiger partial charge >= 0.3 is 0 Å². The van der Waals surface area contributed by atoms with Crippen LogP contribution >= 0.6 is 15.9 Å². The van der Waals surface area contributed by atoms with Crippen molar-refractivity contribution in [1.82, 2.24) is 4.57 Å². The van der Waals surface area contributed by atoms with Crippen molar-refractivity contribution in [3.05, 3.63) is 70.2 Å². The fourth-order valence-electron chi connectivity index (χ4n) is 2.60. The van der Waals surface area contributed by atoms with Gasteiger partial charge in [-0.2, -0.15) is 0 Å². The maximum absolute atomic E-state index is 12.3. The van der Waals surface area contributed by atoms with Gasteiger partial charge in [-0.05, 0) is 38.1 Å². The Morgan fingerprint density at radius 2 is 1.96 bits per heavy atom. The Kier molecular flexibility index (Phi) is 5.32. The van der Waals surface area contributed by atoms with Gasteiger partial charge in [-0.3, -0.25) is 4.79 Å². The van der Waals surface area contributed by atoms with E-state index in [1.54, 1.807) is 22.8 Å². The second-order valence-corrected chi connectivity index (χ2v) is 7.01. The molecule has 3 rings (SSSR count). The number of azo groups is 1. The van der Waals surface area contributed by atoms with Crippen LogP contribution < -0.4 is 0 Å². The highest BCUT2D eigenvalue weighted by molar-refractivity contribution is 9.10. The van der Waals surface area contributed by atoms with E-state index >= 15 is 0 Å². The molecular weight excluding hydrogens is 394 g/mol. The molecule has 0 aliphatic carbocycles. The first-order valence-electron chi connectivity index (χ1n) is 8.12. The van der Waals surface area contributed by atoms with Crippen molar-refractivity contribution in [3.63, 3.8) is 0 Å². The normalized spacial score (nSPS) is 11.2. The third-order valence-electron chi connectivity index (χ3n) is 3.91. The predicted molar refractivity (Wildman–Crippen MR) is 106 cm³/mol. The molecule has 6 heteroatoms. The molecule has 0 fully saturated rings. The number of para-hydroxylation sites is 1. The van der Waals surface area contributed by atoms with Gasteiger partial charge < -0.3 is 9.67 Å². The molecule has 5 nitrogen and oxygen atoms in total. The van der Waals surface area contributed by atoms with Crippen LogP contribution in [0.25, 0.3) is 10.9 Å². The summed E-state index contributed by atoms with van der Waals surface area (Å²) in [6, 6.07) is 14.5. The molecule has 1 aromatic heterocycles. The zero-order valence-corrected chi connectivity index (χ0v) is 16.1. The average molecular weight is 412 g/mol. The van der Waals surface area contributed by atoms with Gasteiger partial charge in [0.05, 0.1) is 5.52 Å². The zero-order chi connectivity index (χ0) is 18.7. The van der Waals surface area contributed by atoms with Crippen LogP contribution in [-0.2, 0) is 6.54 Å². The highest BCUT2D eigenvalue weighted by Crippen LogP contribution is 2.38. The van der Waals surface area contributed by atoms with Crippen molar-refractivity contribution < 1.29 is 9.90 Å². The maximum Gasteiger partial charge on any atom is 0.295 e. The standard InChI is InChI=1S/C20H18BrN3O2/c1-13(2)10-11-24-17-9-4-3-8-16(17)18(20(24)26)22-23-19(25)14-6-5-7-15(21)12-14/h3-10,12,26H,11H2,1-2H3. The van der Waals surface area contributed by atoms with Crippen LogP contribution in [0, 0.1) is 0 Å². The van der Waals surface area contributed by atoms with Crippen molar-refractivity contribution in [2.24, 2.45) is 10.2 Å². The Bertz CT molecular complexity index is 1030. The number of carbonyl (C=O) groups is 1. The third kappa shape index (κ3) is 3.75. The summed E-state index contributed by atoms with van der Waals surface area (Å²) in [6.45, 7) is 4.52. The highest BCUT2D eigenvalue weighted by Gasteiger charge is 2.16. The van der Waals surface area contributed by atoms with E-state index in [9.17, 15) is 9.90 Å². The predicted octanol–water partition coefficient (Wildman–Crippen LogP) is 6.00. The molecule has 0 spiro atoms. The van der Waals surface area contributed by atoms with Gasteiger partial charge in [0.25, 0.3) is 5.91 Å². The minimum absolute atomic E-state index is 0.00510. The second-order valence-electron chi connectivity index (χ2n) is 6.10. The summed E-state index contributed by atoms with van der Waals surface area (Å²) < 4.78 is 2.54. The van der Waals surface area contributed by atoms with Crippen LogP contribution in [0.1, 0.15) is 24.2 Å². The Labute approximate surface area is 159 Å². The van der Waals surface area contributed by atoms with Gasteiger partial charge in [0, 0.05) is 22.0 Å². The largest absolute Gasteiger partial charge is 0.493 e. The molecule has 2 aromatic carbocycles. The van der Waals surface area contributed by atoms with Crippen molar-refractivity contribution in [1.29, 1.82) is 0 Å². The number of amides is 1. The number of carbonyl (C=O) groups excluding carboxylic acids is 1. The third-order valence-corrected chi connectivity index (χ3v) is 4.41. The molecular formula is C20H18BrN3O2. The number of allylic oxidation sites excluding steroid dienone is 2. The van der Waals surface area contributed by atoms with Crippen molar-refractivity contribution in [3.8, 4) is 5.88 Å². The van der Waals surface area contributed by atoms with Gasteiger partial charge in [0.1, 0.15) is 0 Å². The quantitative estimate of drug-likeness (QED) is 0.422. The fourth-order valence-corrected chi connectivity index (χ4v) is 3.00. The maximum atomic E-state index is 12.3. The highest BCUT2D eigenvalue weighted by atomic mass is 79.9. The van der Waals surface area contributed by atoms with E-state index in [0.717, 1.165) is 20.9 Å². The van der Waals surface area contributed by atoms with Crippen LogP contribution in [0.4, 0.5) is 5.69 Å². The van der Waals surface area contributed by atoms with E-state index in [1.807, 2.05) is 50.3 Å². The van der Waals surface area contributed by atoms with Crippen molar-refractivity contribution in [2.75, 3.05) is 0 Å². The fraction of sp³-hybridized carbons (Fsp3) is 0.150. The van der Waals surface area contributed by atoms with Gasteiger partial charge in [-0.25, -0.2) is 0 Å². The average Bonchev–Trinajstić information content (AvgIpc) is 2.89. The van der Waals surface area contributed by atoms with E-state index in [4.69, 9.17) is 0 Å². The molecule has 1 N–H and O–H groups in total. The lowest BCUT2D eigenvalue weighted by Crippen LogP contribution is -1.94. The van der Waals surface area contributed by atoms with Gasteiger partial charge in [0.15, 0.2) is 5.69 Å². The molecule has 132 valence electrons. The molecule has 3 aromatic rings. The Morgan fingerprint density at radius 3 is 2.69 bits per heavy atom. The smallest absolute Gasteiger partial charge is 0.295 e. The summed E-state index contributed by atoms with van der Waals surface area (Å²) in [7, 11) is 0. The topological polar surface area (TPSA) is 66.9 Å². The molecule has 0 unspecified atom stereocenters. The number of nitrogens with zero attached hydrogens (tertiary/aromatic N) is 3. The molecule has 0 aliphatic heterocycles. The van der Waals surface area contributed by atoms with E-state index < -0.39 is 5.91 Å². The SMILES string of the molecule is CC(C)=CCn1c(O)c(N=NC(=O)c2cccc(Br)c2)c2ccccc21.